The lowest BCUT2D eigenvalue weighted by molar-refractivity contribution is -0.142. The Morgan fingerprint density at radius 2 is 0.829 bits per heavy atom. The van der Waals surface area contributed by atoms with Gasteiger partial charge in [-0.25, -0.2) is 0 Å². The van der Waals surface area contributed by atoms with Gasteiger partial charge in [0.25, 0.3) is 0 Å². The number of hydrogen-bond donors (Lipinski definition) is 0. The normalized spacial score (nSPS) is 12.6. The van der Waals surface area contributed by atoms with E-state index in [4.69, 9.17) is 4.74 Å². The van der Waals surface area contributed by atoms with E-state index in [1.165, 1.54) is 119 Å². The lowest BCUT2D eigenvalue weighted by Gasteiger charge is -2.05. The minimum absolute atomic E-state index is 0.0423. The molecule has 0 amide bonds. The van der Waals surface area contributed by atoms with Crippen LogP contribution in [0.1, 0.15) is 189 Å². The van der Waals surface area contributed by atoms with Gasteiger partial charge in [0.15, 0.2) is 0 Å². The van der Waals surface area contributed by atoms with Crippen LogP contribution < -0.4 is 0 Å². The molecule has 0 aromatic heterocycles. The molecule has 0 atom stereocenters. The lowest BCUT2D eigenvalue weighted by Crippen LogP contribution is -2.04. The Labute approximate surface area is 257 Å². The molecule has 0 aliphatic carbocycles. The number of ether oxygens (including phenoxy) is 1. The van der Waals surface area contributed by atoms with Crippen LogP contribution in [-0.4, -0.2) is 12.6 Å². The van der Waals surface area contributed by atoms with Gasteiger partial charge in [0, 0.05) is 6.42 Å². The van der Waals surface area contributed by atoms with Crippen molar-refractivity contribution in [2.75, 3.05) is 6.61 Å². The molecule has 0 bridgehead atoms. The summed E-state index contributed by atoms with van der Waals surface area (Å²) in [5.74, 6) is -0.0423. The number of carbonyl (C=O) groups is 1. The molecule has 0 unspecified atom stereocenters. The first-order valence-electron chi connectivity index (χ1n) is 17.6. The Balaban J connectivity index is 3.64. The van der Waals surface area contributed by atoms with Crippen molar-refractivity contribution in [1.29, 1.82) is 0 Å². The topological polar surface area (TPSA) is 26.3 Å². The summed E-state index contributed by atoms with van der Waals surface area (Å²) >= 11 is 0. The van der Waals surface area contributed by atoms with Crippen molar-refractivity contribution in [2.45, 2.75) is 189 Å². The Hall–Kier alpha value is -1.57. The standard InChI is InChI=1S/C39H70O2/c1-7-8-9-10-11-12-13-14-15-16-17-18-19-20-21-22-32-39(40)41-34-33-38(6)31-25-30-37(5)29-24-28-36(4)27-23-26-35(2)3/h26,28,30,33H,7-25,27,29,31-32,34H2,1-6H3/b36-28+,37-30?,38-33+. The number of allylic oxidation sites excluding steroid dienone is 7. The third-order valence-corrected chi connectivity index (χ3v) is 8.06. The van der Waals surface area contributed by atoms with Crippen LogP contribution in [-0.2, 0) is 9.53 Å². The van der Waals surface area contributed by atoms with E-state index >= 15 is 0 Å². The molecule has 0 spiro atoms. The molecule has 0 N–H and O–H groups in total. The number of esters is 1. The van der Waals surface area contributed by atoms with Crippen LogP contribution >= 0.6 is 0 Å². The van der Waals surface area contributed by atoms with Crippen molar-refractivity contribution in [3.05, 3.63) is 46.6 Å². The zero-order chi connectivity index (χ0) is 30.4. The highest BCUT2D eigenvalue weighted by atomic mass is 16.5. The van der Waals surface area contributed by atoms with Crippen molar-refractivity contribution in [2.24, 2.45) is 0 Å². The fourth-order valence-electron chi connectivity index (χ4n) is 5.15. The molecule has 2 nitrogen and oxygen atoms in total. The molecule has 238 valence electrons. The molecule has 0 aromatic carbocycles. The van der Waals surface area contributed by atoms with Gasteiger partial charge in [-0.15, -0.1) is 0 Å². The zero-order valence-electron chi connectivity index (χ0n) is 28.6. The van der Waals surface area contributed by atoms with Gasteiger partial charge in [0.05, 0.1) is 0 Å². The van der Waals surface area contributed by atoms with Gasteiger partial charge in [-0.3, -0.25) is 4.79 Å². The van der Waals surface area contributed by atoms with E-state index in [1.54, 1.807) is 0 Å². The molecule has 0 saturated heterocycles. The van der Waals surface area contributed by atoms with Gasteiger partial charge in [-0.1, -0.05) is 144 Å². The molecule has 0 aliphatic rings. The second-order valence-corrected chi connectivity index (χ2v) is 12.8. The van der Waals surface area contributed by atoms with Crippen LogP contribution in [0.15, 0.2) is 46.6 Å². The molecule has 0 radical (unpaired) electrons. The molecule has 41 heavy (non-hydrogen) atoms. The molecule has 0 aliphatic heterocycles. The number of carbonyl (C=O) groups excluding carboxylic acids is 1. The maximum absolute atomic E-state index is 12.0. The molecular formula is C39H70O2. The summed E-state index contributed by atoms with van der Waals surface area (Å²) in [6.07, 6.45) is 38.0. The largest absolute Gasteiger partial charge is 0.461 e. The minimum Gasteiger partial charge on any atom is -0.461 e. The monoisotopic (exact) mass is 571 g/mol. The van der Waals surface area contributed by atoms with E-state index < -0.39 is 0 Å². The highest BCUT2D eigenvalue weighted by Gasteiger charge is 2.02. The van der Waals surface area contributed by atoms with E-state index in [-0.39, 0.29) is 5.97 Å². The molecule has 2 heteroatoms. The second-order valence-electron chi connectivity index (χ2n) is 12.8. The summed E-state index contributed by atoms with van der Waals surface area (Å²) in [6, 6.07) is 0. The number of rotatable bonds is 28. The Bertz CT molecular complexity index is 733. The highest BCUT2D eigenvalue weighted by Crippen LogP contribution is 2.15. The molecule has 0 aromatic rings. The first kappa shape index (κ1) is 39.4. The van der Waals surface area contributed by atoms with Crippen LogP contribution in [0.4, 0.5) is 0 Å². The van der Waals surface area contributed by atoms with Gasteiger partial charge in [-0.2, -0.15) is 0 Å². The number of hydrogen-bond acceptors (Lipinski definition) is 2. The highest BCUT2D eigenvalue weighted by molar-refractivity contribution is 5.69. The molecule has 0 saturated carbocycles. The fraction of sp³-hybridized carbons (Fsp3) is 0.769. The van der Waals surface area contributed by atoms with E-state index in [1.807, 2.05) is 0 Å². The summed E-state index contributed by atoms with van der Waals surface area (Å²) < 4.78 is 5.44. The average Bonchev–Trinajstić information content (AvgIpc) is 2.92. The third kappa shape index (κ3) is 31.2. The Morgan fingerprint density at radius 1 is 0.463 bits per heavy atom. The van der Waals surface area contributed by atoms with Gasteiger partial charge in [0.2, 0.25) is 0 Å². The summed E-state index contributed by atoms with van der Waals surface area (Å²) in [6.45, 7) is 13.7. The van der Waals surface area contributed by atoms with Crippen molar-refractivity contribution in [3.63, 3.8) is 0 Å². The van der Waals surface area contributed by atoms with E-state index in [2.05, 4.69) is 65.8 Å². The van der Waals surface area contributed by atoms with Crippen LogP contribution in [0.25, 0.3) is 0 Å². The van der Waals surface area contributed by atoms with E-state index in [9.17, 15) is 4.79 Å². The Kier molecular flexibility index (Phi) is 28.8. The lowest BCUT2D eigenvalue weighted by atomic mass is 10.0. The van der Waals surface area contributed by atoms with Gasteiger partial charge in [-0.05, 0) is 85.6 Å². The minimum atomic E-state index is -0.0423. The second kappa shape index (κ2) is 29.9. The number of unbranched alkanes of at least 4 members (excludes halogenated alkanes) is 15. The average molecular weight is 571 g/mol. The van der Waals surface area contributed by atoms with Crippen LogP contribution in [0.3, 0.4) is 0 Å². The van der Waals surface area contributed by atoms with Crippen LogP contribution in [0, 0.1) is 0 Å². The predicted molar refractivity (Wildman–Crippen MR) is 184 cm³/mol. The van der Waals surface area contributed by atoms with Crippen LogP contribution in [0.5, 0.6) is 0 Å². The SMILES string of the molecule is CCCCCCCCCCCCCCCCCCC(=O)OC/C=C(\C)CCC=C(C)CC/C=C(\C)CCC=C(C)C. The van der Waals surface area contributed by atoms with Crippen LogP contribution in [0.2, 0.25) is 0 Å². The smallest absolute Gasteiger partial charge is 0.306 e. The first-order valence-corrected chi connectivity index (χ1v) is 17.6. The van der Waals surface area contributed by atoms with Crippen molar-refractivity contribution in [1.82, 2.24) is 0 Å². The quantitative estimate of drug-likeness (QED) is 0.0531. The van der Waals surface area contributed by atoms with Gasteiger partial charge in [0.1, 0.15) is 6.61 Å². The van der Waals surface area contributed by atoms with Gasteiger partial charge >= 0.3 is 5.97 Å². The molecule has 0 fully saturated rings. The summed E-state index contributed by atoms with van der Waals surface area (Å²) in [5.41, 5.74) is 5.68. The summed E-state index contributed by atoms with van der Waals surface area (Å²) in [7, 11) is 0. The molecular weight excluding hydrogens is 500 g/mol. The maximum atomic E-state index is 12.0. The zero-order valence-corrected chi connectivity index (χ0v) is 28.6. The summed E-state index contributed by atoms with van der Waals surface area (Å²) in [4.78, 5) is 12.0. The van der Waals surface area contributed by atoms with E-state index in [0.717, 1.165) is 44.9 Å². The summed E-state index contributed by atoms with van der Waals surface area (Å²) in [5, 5.41) is 0. The van der Waals surface area contributed by atoms with Crippen molar-refractivity contribution < 1.29 is 9.53 Å². The molecule has 0 heterocycles. The Morgan fingerprint density at radius 3 is 1.24 bits per heavy atom. The van der Waals surface area contributed by atoms with Crippen molar-refractivity contribution >= 4 is 5.97 Å². The van der Waals surface area contributed by atoms with Gasteiger partial charge < -0.3 is 4.74 Å². The third-order valence-electron chi connectivity index (χ3n) is 8.06. The van der Waals surface area contributed by atoms with E-state index in [0.29, 0.717) is 13.0 Å². The predicted octanol–water partition coefficient (Wildman–Crippen LogP) is 13.3. The first-order chi connectivity index (χ1) is 19.8. The maximum Gasteiger partial charge on any atom is 0.306 e. The fourth-order valence-corrected chi connectivity index (χ4v) is 5.15. The van der Waals surface area contributed by atoms with Crippen molar-refractivity contribution in [3.8, 4) is 0 Å². The molecule has 0 rings (SSSR count).